The van der Waals surface area contributed by atoms with Crippen LogP contribution in [0.15, 0.2) is 60.8 Å². The molecule has 3 atom stereocenters. The number of hydrogen-bond donors (Lipinski definition) is 2. The Labute approximate surface area is 208 Å². The number of hydrogen-bond acceptors (Lipinski definition) is 5. The van der Waals surface area contributed by atoms with Crippen molar-refractivity contribution in [1.29, 1.82) is 0 Å². The molecule has 0 radical (unpaired) electrons. The molecular formula is C27H31F3N4S. The van der Waals surface area contributed by atoms with E-state index in [1.807, 2.05) is 24.4 Å². The number of thiazole rings is 1. The topological polar surface area (TPSA) is 40.2 Å². The number of benzene rings is 2. The summed E-state index contributed by atoms with van der Waals surface area (Å²) in [5.41, 5.74) is 1.45. The van der Waals surface area contributed by atoms with Crippen LogP contribution in [0.4, 0.5) is 24.0 Å². The average Bonchev–Trinajstić information content (AvgIpc) is 3.34. The molecule has 8 heteroatoms. The molecule has 1 saturated carbocycles. The van der Waals surface area contributed by atoms with Crippen LogP contribution in [0.1, 0.15) is 44.1 Å². The maximum absolute atomic E-state index is 12.9. The Kier molecular flexibility index (Phi) is 7.29. The molecule has 35 heavy (non-hydrogen) atoms. The predicted octanol–water partition coefficient (Wildman–Crippen LogP) is 6.81. The zero-order chi connectivity index (χ0) is 24.3. The van der Waals surface area contributed by atoms with Crippen LogP contribution in [0, 0.1) is 0 Å². The van der Waals surface area contributed by atoms with E-state index in [-0.39, 0.29) is 0 Å². The Bertz CT molecular complexity index is 1080. The first-order valence-electron chi connectivity index (χ1n) is 12.4. The summed E-state index contributed by atoms with van der Waals surface area (Å²) < 4.78 is 38.8. The van der Waals surface area contributed by atoms with Gasteiger partial charge in [-0.3, -0.25) is 0 Å². The lowest BCUT2D eigenvalue weighted by atomic mass is 9.89. The molecule has 2 unspecified atom stereocenters. The molecule has 1 aliphatic heterocycles. The van der Waals surface area contributed by atoms with Gasteiger partial charge in [-0.1, -0.05) is 54.5 Å². The smallest absolute Gasteiger partial charge is 0.370 e. The van der Waals surface area contributed by atoms with Gasteiger partial charge in [0.1, 0.15) is 0 Å². The first-order chi connectivity index (χ1) is 17.0. The lowest BCUT2D eigenvalue weighted by Crippen LogP contribution is -2.54. The van der Waals surface area contributed by atoms with Gasteiger partial charge in [0.2, 0.25) is 0 Å². The molecule has 1 saturated heterocycles. The number of nitrogens with zero attached hydrogens (tertiary/aromatic N) is 2. The Morgan fingerprint density at radius 1 is 0.886 bits per heavy atom. The minimum Gasteiger partial charge on any atom is -0.370 e. The number of aromatic nitrogens is 1. The molecule has 186 valence electrons. The molecule has 1 aliphatic carbocycles. The largest absolute Gasteiger partial charge is 0.416 e. The van der Waals surface area contributed by atoms with Crippen molar-refractivity contribution in [2.45, 2.75) is 62.8 Å². The molecule has 2 aromatic carbocycles. The highest BCUT2D eigenvalue weighted by atomic mass is 32.1. The maximum atomic E-state index is 12.9. The third-order valence-electron chi connectivity index (χ3n) is 7.07. The summed E-state index contributed by atoms with van der Waals surface area (Å²) in [4.78, 5) is 8.00. The van der Waals surface area contributed by atoms with Gasteiger partial charge in [0.05, 0.1) is 10.4 Å². The fourth-order valence-corrected chi connectivity index (χ4v) is 6.13. The van der Waals surface area contributed by atoms with Gasteiger partial charge in [-0.25, -0.2) is 4.98 Å². The van der Waals surface area contributed by atoms with Crippen molar-refractivity contribution in [2.24, 2.45) is 0 Å². The first-order valence-corrected chi connectivity index (χ1v) is 13.2. The standard InChI is InChI=1S/C27H31F3N4S/c28-27(29,30)20-12-14-22(15-13-20)34-16-6-9-21(18-34)32-23-10-4-5-11-24(23)33-26-31-17-25(35-26)19-7-2-1-3-8-19/h1-3,7-8,12-15,17,21,23-24,32H,4-6,9-11,16,18H2,(H,31,33)/t21-,23?,24?/m0/s1. The van der Waals surface area contributed by atoms with E-state index >= 15 is 0 Å². The average molecular weight is 501 g/mol. The van der Waals surface area contributed by atoms with E-state index in [4.69, 9.17) is 0 Å². The molecule has 2 N–H and O–H groups in total. The Morgan fingerprint density at radius 3 is 2.37 bits per heavy atom. The lowest BCUT2D eigenvalue weighted by molar-refractivity contribution is -0.137. The van der Waals surface area contributed by atoms with Crippen LogP contribution >= 0.6 is 11.3 Å². The van der Waals surface area contributed by atoms with E-state index in [9.17, 15) is 13.2 Å². The zero-order valence-corrected chi connectivity index (χ0v) is 20.4. The van der Waals surface area contributed by atoms with Crippen LogP contribution in [0.3, 0.4) is 0 Å². The highest BCUT2D eigenvalue weighted by Gasteiger charge is 2.32. The number of halogens is 3. The highest BCUT2D eigenvalue weighted by Crippen LogP contribution is 2.33. The third-order valence-corrected chi connectivity index (χ3v) is 8.05. The summed E-state index contributed by atoms with van der Waals surface area (Å²) in [5, 5.41) is 8.55. The first kappa shape index (κ1) is 24.1. The summed E-state index contributed by atoms with van der Waals surface area (Å²) in [6, 6.07) is 16.9. The van der Waals surface area contributed by atoms with Crippen molar-refractivity contribution in [2.75, 3.05) is 23.3 Å². The number of piperidine rings is 1. The van der Waals surface area contributed by atoms with Crippen LogP contribution in [-0.4, -0.2) is 36.2 Å². The predicted molar refractivity (Wildman–Crippen MR) is 137 cm³/mol. The third kappa shape index (κ3) is 5.98. The molecule has 3 aromatic rings. The quantitative estimate of drug-likeness (QED) is 0.390. The van der Waals surface area contributed by atoms with E-state index < -0.39 is 11.7 Å². The summed E-state index contributed by atoms with van der Waals surface area (Å²) in [6.07, 6.45) is 4.38. The molecule has 0 amide bonds. The number of alkyl halides is 3. The number of rotatable bonds is 6. The minimum atomic E-state index is -4.30. The van der Waals surface area contributed by atoms with Crippen molar-refractivity contribution in [3.05, 3.63) is 66.4 Å². The van der Waals surface area contributed by atoms with Crippen molar-refractivity contribution >= 4 is 22.2 Å². The number of nitrogens with one attached hydrogen (secondary N) is 2. The van der Waals surface area contributed by atoms with Crippen LogP contribution in [0.25, 0.3) is 10.4 Å². The number of anilines is 2. The Hall–Kier alpha value is -2.58. The molecule has 2 heterocycles. The van der Waals surface area contributed by atoms with Crippen molar-refractivity contribution in [3.63, 3.8) is 0 Å². The van der Waals surface area contributed by atoms with Crippen LogP contribution in [-0.2, 0) is 6.18 Å². The molecular weight excluding hydrogens is 469 g/mol. The van der Waals surface area contributed by atoms with Crippen molar-refractivity contribution < 1.29 is 13.2 Å². The van der Waals surface area contributed by atoms with E-state index in [1.165, 1.54) is 30.5 Å². The summed E-state index contributed by atoms with van der Waals surface area (Å²) >= 11 is 1.69. The summed E-state index contributed by atoms with van der Waals surface area (Å²) in [7, 11) is 0. The molecule has 0 bridgehead atoms. The second-order valence-electron chi connectivity index (χ2n) is 9.53. The maximum Gasteiger partial charge on any atom is 0.416 e. The van der Waals surface area contributed by atoms with Gasteiger partial charge in [-0.2, -0.15) is 13.2 Å². The van der Waals surface area contributed by atoms with E-state index in [1.54, 1.807) is 23.5 Å². The van der Waals surface area contributed by atoms with Crippen molar-refractivity contribution in [3.8, 4) is 10.4 Å². The minimum absolute atomic E-state index is 0.314. The Morgan fingerprint density at radius 2 is 1.63 bits per heavy atom. The second-order valence-corrected chi connectivity index (χ2v) is 10.6. The van der Waals surface area contributed by atoms with Gasteiger partial charge in [-0.05, 0) is 55.5 Å². The van der Waals surface area contributed by atoms with Crippen LogP contribution in [0.2, 0.25) is 0 Å². The van der Waals surface area contributed by atoms with Gasteiger partial charge in [0.25, 0.3) is 0 Å². The molecule has 5 rings (SSSR count). The molecule has 1 aromatic heterocycles. The lowest BCUT2D eigenvalue weighted by Gasteiger charge is -2.40. The summed E-state index contributed by atoms with van der Waals surface area (Å²) in [6.45, 7) is 1.68. The molecule has 4 nitrogen and oxygen atoms in total. The van der Waals surface area contributed by atoms with Crippen molar-refractivity contribution in [1.82, 2.24) is 10.3 Å². The van der Waals surface area contributed by atoms with Gasteiger partial charge in [0, 0.05) is 43.1 Å². The monoisotopic (exact) mass is 500 g/mol. The van der Waals surface area contributed by atoms with Gasteiger partial charge in [0.15, 0.2) is 5.13 Å². The fraction of sp³-hybridized carbons (Fsp3) is 0.444. The van der Waals surface area contributed by atoms with Gasteiger partial charge >= 0.3 is 6.18 Å². The zero-order valence-electron chi connectivity index (χ0n) is 19.6. The Balaban J connectivity index is 1.21. The van der Waals surface area contributed by atoms with Crippen LogP contribution in [0.5, 0.6) is 0 Å². The summed E-state index contributed by atoms with van der Waals surface area (Å²) in [5.74, 6) is 0. The highest BCUT2D eigenvalue weighted by molar-refractivity contribution is 7.18. The SMILES string of the molecule is FC(F)(F)c1ccc(N2CCC[C@H](NC3CCCCC3Nc3ncc(-c4ccccc4)s3)C2)cc1. The molecule has 0 spiro atoms. The normalized spacial score (nSPS) is 23.3. The fourth-order valence-electron chi connectivity index (χ4n) is 5.25. The van der Waals surface area contributed by atoms with E-state index in [0.717, 1.165) is 54.5 Å². The second kappa shape index (κ2) is 10.6. The molecule has 2 fully saturated rings. The van der Waals surface area contributed by atoms with E-state index in [2.05, 4.69) is 32.7 Å². The van der Waals surface area contributed by atoms with Crippen LogP contribution < -0.4 is 15.5 Å². The van der Waals surface area contributed by atoms with Gasteiger partial charge < -0.3 is 15.5 Å². The van der Waals surface area contributed by atoms with E-state index in [0.29, 0.717) is 18.1 Å². The molecule has 2 aliphatic rings. The van der Waals surface area contributed by atoms with Gasteiger partial charge in [-0.15, -0.1) is 0 Å².